The molecule has 25 heavy (non-hydrogen) atoms. The second-order valence-corrected chi connectivity index (χ2v) is 8.03. The summed E-state index contributed by atoms with van der Waals surface area (Å²) in [5.74, 6) is 0.0918. The first kappa shape index (κ1) is 16.5. The molecule has 2 aliphatic rings. The van der Waals surface area contributed by atoms with Gasteiger partial charge in [0.15, 0.2) is 0 Å². The number of rotatable bonds is 3. The highest BCUT2D eigenvalue weighted by Crippen LogP contribution is 2.26. The molecule has 2 aliphatic heterocycles. The first-order chi connectivity index (χ1) is 12.2. The van der Waals surface area contributed by atoms with Crippen molar-refractivity contribution in [1.29, 1.82) is 0 Å². The van der Waals surface area contributed by atoms with Crippen molar-refractivity contribution in [1.82, 2.24) is 15.1 Å². The third-order valence-electron chi connectivity index (χ3n) is 5.05. The van der Waals surface area contributed by atoms with E-state index in [2.05, 4.69) is 40.5 Å². The van der Waals surface area contributed by atoms with Crippen LogP contribution in [-0.4, -0.2) is 53.8 Å². The molecule has 0 spiro atoms. The third-order valence-corrected chi connectivity index (χ3v) is 6.15. The molecular formula is C19H23N3O2S. The summed E-state index contributed by atoms with van der Waals surface area (Å²) in [6.07, 6.45) is 2.10. The number of thiophene rings is 1. The zero-order valence-corrected chi connectivity index (χ0v) is 15.1. The molecule has 3 heterocycles. The lowest BCUT2D eigenvalue weighted by Gasteiger charge is -2.24. The average molecular weight is 357 g/mol. The van der Waals surface area contributed by atoms with Crippen LogP contribution in [0.3, 0.4) is 0 Å². The molecule has 1 N–H and O–H groups in total. The molecule has 0 unspecified atom stereocenters. The molecule has 2 saturated heterocycles. The molecule has 2 fully saturated rings. The van der Waals surface area contributed by atoms with Gasteiger partial charge < -0.3 is 10.2 Å². The van der Waals surface area contributed by atoms with Crippen LogP contribution in [0.5, 0.6) is 0 Å². The van der Waals surface area contributed by atoms with E-state index in [0.717, 1.165) is 39.1 Å². The number of fused-ring (bicyclic) bond motifs is 1. The summed E-state index contributed by atoms with van der Waals surface area (Å²) in [6, 6.07) is 10.5. The van der Waals surface area contributed by atoms with Crippen LogP contribution in [-0.2, 0) is 16.1 Å². The maximum Gasteiger partial charge on any atom is 0.245 e. The molecule has 0 saturated carbocycles. The van der Waals surface area contributed by atoms with E-state index < -0.39 is 0 Å². The summed E-state index contributed by atoms with van der Waals surface area (Å²) < 4.78 is 1.33. The molecule has 0 radical (unpaired) electrons. The number of carbonyl (C=O) groups is 2. The van der Waals surface area contributed by atoms with E-state index in [4.69, 9.17) is 0 Å². The van der Waals surface area contributed by atoms with Crippen LogP contribution in [0.1, 0.15) is 24.1 Å². The van der Waals surface area contributed by atoms with Crippen molar-refractivity contribution in [3.8, 4) is 0 Å². The summed E-state index contributed by atoms with van der Waals surface area (Å²) in [5, 5.41) is 4.11. The highest BCUT2D eigenvalue weighted by molar-refractivity contribution is 7.19. The Morgan fingerprint density at radius 3 is 2.88 bits per heavy atom. The molecule has 2 aromatic rings. The van der Waals surface area contributed by atoms with Crippen molar-refractivity contribution in [3.63, 3.8) is 0 Å². The van der Waals surface area contributed by atoms with E-state index in [1.807, 2.05) is 16.2 Å². The number of nitrogens with zero attached hydrogens (tertiary/aromatic N) is 2. The van der Waals surface area contributed by atoms with Gasteiger partial charge in [0.2, 0.25) is 11.8 Å². The van der Waals surface area contributed by atoms with Crippen molar-refractivity contribution < 1.29 is 9.59 Å². The van der Waals surface area contributed by atoms with Gasteiger partial charge in [-0.1, -0.05) is 18.2 Å². The molecule has 1 aromatic heterocycles. The predicted octanol–water partition coefficient (Wildman–Crippen LogP) is 2.21. The van der Waals surface area contributed by atoms with Gasteiger partial charge in [-0.3, -0.25) is 14.5 Å². The highest BCUT2D eigenvalue weighted by Gasteiger charge is 2.31. The van der Waals surface area contributed by atoms with Crippen LogP contribution in [0, 0.1) is 0 Å². The number of hydrogen-bond donors (Lipinski definition) is 1. The molecule has 132 valence electrons. The van der Waals surface area contributed by atoms with E-state index in [-0.39, 0.29) is 17.9 Å². The molecule has 4 rings (SSSR count). The Balaban J connectivity index is 1.36. The molecule has 6 heteroatoms. The molecule has 1 atom stereocenters. The van der Waals surface area contributed by atoms with Crippen molar-refractivity contribution in [2.45, 2.75) is 31.8 Å². The monoisotopic (exact) mass is 357 g/mol. The number of hydrogen-bond acceptors (Lipinski definition) is 4. The lowest BCUT2D eigenvalue weighted by molar-refractivity contribution is -0.134. The fourth-order valence-corrected chi connectivity index (χ4v) is 4.81. The van der Waals surface area contributed by atoms with Crippen LogP contribution < -0.4 is 5.32 Å². The van der Waals surface area contributed by atoms with Gasteiger partial charge in [-0.05, 0) is 30.4 Å². The minimum absolute atomic E-state index is 0.000407. The number of benzene rings is 1. The van der Waals surface area contributed by atoms with E-state index in [1.54, 1.807) is 0 Å². The standard InChI is InChI=1S/C19H23N3O2S/c23-18-7-6-16(20-18)19(24)22-9-3-8-21(10-11-22)13-15-12-14-4-1-2-5-17(14)25-15/h1-2,4-5,12,16H,3,6-11,13H2,(H,20,23)/t16-/m0/s1. The van der Waals surface area contributed by atoms with Gasteiger partial charge in [0.25, 0.3) is 0 Å². The van der Waals surface area contributed by atoms with E-state index >= 15 is 0 Å². The number of carbonyl (C=O) groups excluding carboxylic acids is 2. The van der Waals surface area contributed by atoms with Crippen LogP contribution in [0.4, 0.5) is 0 Å². The van der Waals surface area contributed by atoms with Crippen molar-refractivity contribution in [2.75, 3.05) is 26.2 Å². The predicted molar refractivity (Wildman–Crippen MR) is 99.5 cm³/mol. The van der Waals surface area contributed by atoms with Crippen molar-refractivity contribution in [3.05, 3.63) is 35.2 Å². The Bertz CT molecular complexity index is 755. The molecular weight excluding hydrogens is 334 g/mol. The first-order valence-corrected chi connectivity index (χ1v) is 9.79. The molecule has 5 nitrogen and oxygen atoms in total. The fourth-order valence-electron chi connectivity index (χ4n) is 3.70. The van der Waals surface area contributed by atoms with Gasteiger partial charge in [0.1, 0.15) is 6.04 Å². The van der Waals surface area contributed by atoms with Crippen molar-refractivity contribution >= 4 is 33.2 Å². The summed E-state index contributed by atoms with van der Waals surface area (Å²) in [6.45, 7) is 4.38. The maximum absolute atomic E-state index is 12.6. The smallest absolute Gasteiger partial charge is 0.245 e. The Hall–Kier alpha value is -1.92. The summed E-state index contributed by atoms with van der Waals surface area (Å²) in [7, 11) is 0. The third kappa shape index (κ3) is 3.70. The fraction of sp³-hybridized carbons (Fsp3) is 0.474. The molecule has 0 bridgehead atoms. The van der Waals surface area contributed by atoms with Crippen LogP contribution in [0.15, 0.2) is 30.3 Å². The number of amides is 2. The largest absolute Gasteiger partial charge is 0.344 e. The SMILES string of the molecule is O=C1CC[C@@H](C(=O)N2CCCN(Cc3cc4ccccc4s3)CC2)N1. The van der Waals surface area contributed by atoms with Crippen LogP contribution in [0.25, 0.3) is 10.1 Å². The van der Waals surface area contributed by atoms with E-state index in [1.165, 1.54) is 15.0 Å². The van der Waals surface area contributed by atoms with Crippen LogP contribution >= 0.6 is 11.3 Å². The summed E-state index contributed by atoms with van der Waals surface area (Å²) >= 11 is 1.86. The molecule has 1 aromatic carbocycles. The minimum Gasteiger partial charge on any atom is -0.344 e. The summed E-state index contributed by atoms with van der Waals surface area (Å²) in [4.78, 5) is 29.7. The van der Waals surface area contributed by atoms with Crippen molar-refractivity contribution in [2.24, 2.45) is 0 Å². The normalized spacial score (nSPS) is 22.2. The second-order valence-electron chi connectivity index (χ2n) is 6.86. The number of nitrogens with one attached hydrogen (secondary N) is 1. The molecule has 0 aliphatic carbocycles. The van der Waals surface area contributed by atoms with E-state index in [9.17, 15) is 9.59 Å². The second kappa shape index (κ2) is 7.14. The summed E-state index contributed by atoms with van der Waals surface area (Å²) in [5.41, 5.74) is 0. The Morgan fingerprint density at radius 1 is 1.20 bits per heavy atom. The van der Waals surface area contributed by atoms with Gasteiger partial charge in [-0.25, -0.2) is 0 Å². The Labute approximate surface area is 151 Å². The Kier molecular flexibility index (Phi) is 4.72. The lowest BCUT2D eigenvalue weighted by atomic mass is 10.2. The molecule has 2 amide bonds. The van der Waals surface area contributed by atoms with Gasteiger partial charge in [0.05, 0.1) is 0 Å². The zero-order chi connectivity index (χ0) is 17.2. The average Bonchev–Trinajstić information content (AvgIpc) is 3.14. The van der Waals surface area contributed by atoms with E-state index in [0.29, 0.717) is 12.8 Å². The van der Waals surface area contributed by atoms with Crippen LogP contribution in [0.2, 0.25) is 0 Å². The van der Waals surface area contributed by atoms with Gasteiger partial charge in [0, 0.05) is 48.7 Å². The lowest BCUT2D eigenvalue weighted by Crippen LogP contribution is -2.45. The maximum atomic E-state index is 12.6. The highest BCUT2D eigenvalue weighted by atomic mass is 32.1. The Morgan fingerprint density at radius 2 is 2.08 bits per heavy atom. The minimum atomic E-state index is -0.304. The topological polar surface area (TPSA) is 52.7 Å². The first-order valence-electron chi connectivity index (χ1n) is 8.97. The van der Waals surface area contributed by atoms with Gasteiger partial charge in [-0.2, -0.15) is 0 Å². The zero-order valence-electron chi connectivity index (χ0n) is 14.2. The van der Waals surface area contributed by atoms with Gasteiger partial charge in [-0.15, -0.1) is 11.3 Å². The quantitative estimate of drug-likeness (QED) is 0.916. The van der Waals surface area contributed by atoms with Gasteiger partial charge >= 0.3 is 0 Å².